The van der Waals surface area contributed by atoms with Crippen molar-refractivity contribution in [2.24, 2.45) is 0 Å². The van der Waals surface area contributed by atoms with Crippen molar-refractivity contribution in [1.82, 2.24) is 10.2 Å². The van der Waals surface area contributed by atoms with Gasteiger partial charge in [-0.15, -0.1) is 0 Å². The number of aromatic nitrogens is 2. The van der Waals surface area contributed by atoms with Gasteiger partial charge in [0.05, 0.1) is 11.7 Å². The zero-order valence-electron chi connectivity index (χ0n) is 13.3. The van der Waals surface area contributed by atoms with Crippen LogP contribution in [0.25, 0.3) is 10.9 Å². The van der Waals surface area contributed by atoms with Crippen LogP contribution in [0.15, 0.2) is 48.7 Å². The number of carbonyl (C=O) groups is 2. The number of nitrogens with one attached hydrogen (secondary N) is 3. The van der Waals surface area contributed by atoms with Gasteiger partial charge in [-0.05, 0) is 36.4 Å². The number of anilines is 3. The minimum atomic E-state index is -0.732. The molecule has 3 rings (SSSR count). The van der Waals surface area contributed by atoms with E-state index in [2.05, 4.69) is 20.8 Å². The molecule has 1 heterocycles. The van der Waals surface area contributed by atoms with Gasteiger partial charge in [-0.1, -0.05) is 6.07 Å². The third-order valence-electron chi connectivity index (χ3n) is 3.53. The van der Waals surface area contributed by atoms with Gasteiger partial charge in [-0.3, -0.25) is 14.7 Å². The maximum atomic E-state index is 12.1. The molecule has 3 aromatic rings. The quantitative estimate of drug-likeness (QED) is 0.645. The lowest BCUT2D eigenvalue weighted by atomic mass is 10.2. The van der Waals surface area contributed by atoms with Crippen molar-refractivity contribution in [2.45, 2.75) is 0 Å². The summed E-state index contributed by atoms with van der Waals surface area (Å²) in [7, 11) is 3.80. The molecule has 2 amide bonds. The fourth-order valence-electron chi connectivity index (χ4n) is 2.25. The summed E-state index contributed by atoms with van der Waals surface area (Å²) in [6.45, 7) is 0. The molecule has 0 atom stereocenters. The fraction of sp³-hybridized carbons (Fsp3) is 0.118. The second-order valence-electron chi connectivity index (χ2n) is 5.53. The molecule has 24 heavy (non-hydrogen) atoms. The molecule has 0 unspecified atom stereocenters. The van der Waals surface area contributed by atoms with Crippen LogP contribution in [0.5, 0.6) is 0 Å². The van der Waals surface area contributed by atoms with Crippen molar-refractivity contribution in [2.75, 3.05) is 29.6 Å². The Kier molecular flexibility index (Phi) is 4.15. The first-order chi connectivity index (χ1) is 11.5. The van der Waals surface area contributed by atoms with Crippen LogP contribution in [0.1, 0.15) is 0 Å². The highest BCUT2D eigenvalue weighted by Crippen LogP contribution is 2.18. The van der Waals surface area contributed by atoms with Crippen LogP contribution >= 0.6 is 0 Å². The van der Waals surface area contributed by atoms with E-state index in [1.54, 1.807) is 30.5 Å². The Balaban J connectivity index is 1.68. The molecule has 0 aliphatic carbocycles. The highest BCUT2D eigenvalue weighted by atomic mass is 16.2. The minimum absolute atomic E-state index is 0.522. The molecule has 0 saturated carbocycles. The summed E-state index contributed by atoms with van der Waals surface area (Å²) in [5.41, 5.74) is 2.80. The molecule has 3 N–H and O–H groups in total. The van der Waals surface area contributed by atoms with Crippen LogP contribution in [0.4, 0.5) is 17.1 Å². The Morgan fingerprint density at radius 2 is 1.71 bits per heavy atom. The number of H-pyrrole nitrogens is 1. The van der Waals surface area contributed by atoms with Gasteiger partial charge in [0.2, 0.25) is 0 Å². The van der Waals surface area contributed by atoms with E-state index in [1.807, 2.05) is 37.2 Å². The Morgan fingerprint density at radius 1 is 1.00 bits per heavy atom. The average Bonchev–Trinajstić information content (AvgIpc) is 3.02. The Hall–Kier alpha value is -3.35. The Morgan fingerprint density at radius 3 is 2.42 bits per heavy atom. The maximum Gasteiger partial charge on any atom is 0.314 e. The van der Waals surface area contributed by atoms with Gasteiger partial charge in [0.1, 0.15) is 0 Å². The molecular formula is C17H17N5O2. The molecule has 0 aliphatic rings. The van der Waals surface area contributed by atoms with Gasteiger partial charge in [0, 0.05) is 36.5 Å². The van der Waals surface area contributed by atoms with E-state index in [1.165, 1.54) is 0 Å². The Bertz CT molecular complexity index is 901. The van der Waals surface area contributed by atoms with Crippen molar-refractivity contribution < 1.29 is 9.59 Å². The third kappa shape index (κ3) is 3.35. The summed E-state index contributed by atoms with van der Waals surface area (Å²) in [5, 5.41) is 12.8. The normalized spacial score (nSPS) is 10.4. The van der Waals surface area contributed by atoms with E-state index >= 15 is 0 Å². The van der Waals surface area contributed by atoms with E-state index in [9.17, 15) is 9.59 Å². The molecule has 1 aromatic heterocycles. The fourth-order valence-corrected chi connectivity index (χ4v) is 2.25. The van der Waals surface area contributed by atoms with Crippen LogP contribution < -0.4 is 15.5 Å². The lowest BCUT2D eigenvalue weighted by Gasteiger charge is -2.14. The van der Waals surface area contributed by atoms with Crippen molar-refractivity contribution >= 4 is 39.8 Å². The third-order valence-corrected chi connectivity index (χ3v) is 3.53. The zero-order chi connectivity index (χ0) is 17.1. The topological polar surface area (TPSA) is 90.1 Å². The van der Waals surface area contributed by atoms with Crippen LogP contribution in [0.3, 0.4) is 0 Å². The summed E-state index contributed by atoms with van der Waals surface area (Å²) in [6.07, 6.45) is 1.69. The Labute approximate surface area is 138 Å². The number of fused-ring (bicyclic) bond motifs is 1. The lowest BCUT2D eigenvalue weighted by Crippen LogP contribution is -2.29. The largest absolute Gasteiger partial charge is 0.378 e. The van der Waals surface area contributed by atoms with Crippen LogP contribution in [0.2, 0.25) is 0 Å². The van der Waals surface area contributed by atoms with Gasteiger partial charge >= 0.3 is 11.8 Å². The van der Waals surface area contributed by atoms with E-state index in [-0.39, 0.29) is 0 Å². The van der Waals surface area contributed by atoms with Crippen LogP contribution in [0, 0.1) is 0 Å². The molecule has 2 aromatic carbocycles. The first-order valence-electron chi connectivity index (χ1n) is 7.36. The number of aromatic amines is 1. The van der Waals surface area contributed by atoms with Gasteiger partial charge in [-0.25, -0.2) is 0 Å². The van der Waals surface area contributed by atoms with Crippen molar-refractivity contribution in [3.8, 4) is 0 Å². The number of rotatable bonds is 3. The molecule has 122 valence electrons. The highest BCUT2D eigenvalue weighted by molar-refractivity contribution is 6.43. The molecule has 0 bridgehead atoms. The van der Waals surface area contributed by atoms with Crippen molar-refractivity contribution in [1.29, 1.82) is 0 Å². The summed E-state index contributed by atoms with van der Waals surface area (Å²) in [5.74, 6) is -1.46. The molecule has 7 nitrogen and oxygen atoms in total. The molecule has 0 fully saturated rings. The van der Waals surface area contributed by atoms with Crippen molar-refractivity contribution in [3.63, 3.8) is 0 Å². The molecule has 0 spiro atoms. The number of benzene rings is 2. The van der Waals surface area contributed by atoms with Gasteiger partial charge < -0.3 is 15.5 Å². The predicted molar refractivity (Wildman–Crippen MR) is 94.1 cm³/mol. The number of hydrogen-bond donors (Lipinski definition) is 3. The SMILES string of the molecule is CN(C)c1cccc(NC(=O)C(=O)Nc2ccc3cn[nH]c3c2)c1. The standard InChI is InChI=1S/C17H17N5O2/c1-22(2)14-5-3-4-12(8-14)19-16(23)17(24)20-13-7-6-11-10-18-21-15(11)9-13/h3-10H,1-2H3,(H,18,21)(H,19,23)(H,20,24). The number of carbonyl (C=O) groups excluding carboxylic acids is 2. The summed E-state index contributed by atoms with van der Waals surface area (Å²) in [6, 6.07) is 12.5. The van der Waals surface area contributed by atoms with Crippen LogP contribution in [-0.4, -0.2) is 36.1 Å². The number of hydrogen-bond acceptors (Lipinski definition) is 4. The van der Waals surface area contributed by atoms with Crippen LogP contribution in [-0.2, 0) is 9.59 Å². The van der Waals surface area contributed by atoms with Crippen molar-refractivity contribution in [3.05, 3.63) is 48.7 Å². The number of nitrogens with zero attached hydrogens (tertiary/aromatic N) is 2. The molecule has 7 heteroatoms. The lowest BCUT2D eigenvalue weighted by molar-refractivity contribution is -0.132. The first-order valence-corrected chi connectivity index (χ1v) is 7.36. The molecule has 0 saturated heterocycles. The summed E-state index contributed by atoms with van der Waals surface area (Å²) in [4.78, 5) is 26.0. The van der Waals surface area contributed by atoms with Gasteiger partial charge in [0.25, 0.3) is 0 Å². The smallest absolute Gasteiger partial charge is 0.314 e. The number of amides is 2. The minimum Gasteiger partial charge on any atom is -0.378 e. The monoisotopic (exact) mass is 323 g/mol. The summed E-state index contributed by atoms with van der Waals surface area (Å²) >= 11 is 0. The van der Waals surface area contributed by atoms with E-state index in [4.69, 9.17) is 0 Å². The van der Waals surface area contributed by atoms with E-state index in [0.29, 0.717) is 11.4 Å². The predicted octanol–water partition coefficient (Wildman–Crippen LogP) is 2.21. The summed E-state index contributed by atoms with van der Waals surface area (Å²) < 4.78 is 0. The van der Waals surface area contributed by atoms with Gasteiger partial charge in [0.15, 0.2) is 0 Å². The van der Waals surface area contributed by atoms with E-state index in [0.717, 1.165) is 16.6 Å². The van der Waals surface area contributed by atoms with Gasteiger partial charge in [-0.2, -0.15) is 5.10 Å². The second kappa shape index (κ2) is 6.41. The zero-order valence-corrected chi connectivity index (χ0v) is 13.3. The molecule has 0 aliphatic heterocycles. The maximum absolute atomic E-state index is 12.1. The van der Waals surface area contributed by atoms with E-state index < -0.39 is 11.8 Å². The molecular weight excluding hydrogens is 306 g/mol. The average molecular weight is 323 g/mol. The molecule has 0 radical (unpaired) electrons. The second-order valence-corrected chi connectivity index (χ2v) is 5.53. The highest BCUT2D eigenvalue weighted by Gasteiger charge is 2.14. The first kappa shape index (κ1) is 15.5.